The van der Waals surface area contributed by atoms with E-state index in [1.165, 1.54) is 6.92 Å². The van der Waals surface area contributed by atoms with E-state index in [0.717, 1.165) is 0 Å². The molecule has 0 aliphatic rings. The number of rotatable bonds is 5. The fraction of sp³-hybridized carbons (Fsp3) is 1.00. The molecule has 0 amide bonds. The lowest BCUT2D eigenvalue weighted by atomic mass is 10.5. The summed E-state index contributed by atoms with van der Waals surface area (Å²) in [5, 5.41) is 16.9. The van der Waals surface area contributed by atoms with Gasteiger partial charge in [-0.1, -0.05) is 0 Å². The summed E-state index contributed by atoms with van der Waals surface area (Å²) in [5.74, 6) is -0.438. The molecule has 0 saturated carbocycles. The molecule has 0 heterocycles. The summed E-state index contributed by atoms with van der Waals surface area (Å²) in [6, 6.07) is 0. The maximum atomic E-state index is 10.7. The molecule has 0 rings (SSSR count). The normalized spacial score (nSPS) is 14.8. The molecule has 1 atom stereocenters. The van der Waals surface area contributed by atoms with Gasteiger partial charge in [-0.05, 0) is 6.92 Å². The molecule has 0 aromatic rings. The van der Waals surface area contributed by atoms with Crippen LogP contribution in [0, 0.1) is 0 Å². The minimum atomic E-state index is -3.65. The van der Waals surface area contributed by atoms with Crippen molar-refractivity contribution in [1.29, 1.82) is 0 Å². The van der Waals surface area contributed by atoms with Gasteiger partial charge in [-0.15, -0.1) is 0 Å². The minimum Gasteiger partial charge on any atom is -0.394 e. The third-order valence-electron chi connectivity index (χ3n) is 0.800. The molecule has 0 spiro atoms. The zero-order valence-corrected chi connectivity index (χ0v) is 7.04. The quantitative estimate of drug-likeness (QED) is 0.519. The fourth-order valence-corrected chi connectivity index (χ4v) is 1.52. The second-order valence-corrected chi connectivity index (χ2v) is 3.80. The van der Waals surface area contributed by atoms with Gasteiger partial charge in [0.05, 0.1) is 19.3 Å². The van der Waals surface area contributed by atoms with Crippen LogP contribution in [-0.2, 0) is 14.3 Å². The van der Waals surface area contributed by atoms with Crippen molar-refractivity contribution in [2.45, 2.75) is 13.0 Å². The standard InChI is InChI=1S/C5H12O5S/c1-5(7)4-11(8,9)10-3-2-6/h5-7H,2-4H2,1H3. The predicted octanol–water partition coefficient (Wildman–Crippen LogP) is -1.29. The lowest BCUT2D eigenvalue weighted by Crippen LogP contribution is -2.21. The first-order valence-electron chi connectivity index (χ1n) is 3.14. The van der Waals surface area contributed by atoms with Gasteiger partial charge in [0, 0.05) is 0 Å². The lowest BCUT2D eigenvalue weighted by molar-refractivity contribution is 0.191. The van der Waals surface area contributed by atoms with Gasteiger partial charge in [0.1, 0.15) is 5.75 Å². The summed E-state index contributed by atoms with van der Waals surface area (Å²) in [4.78, 5) is 0. The molecule has 1 unspecified atom stereocenters. The third kappa shape index (κ3) is 6.24. The molecule has 0 radical (unpaired) electrons. The molecule has 0 fully saturated rings. The van der Waals surface area contributed by atoms with Crippen LogP contribution in [0.4, 0.5) is 0 Å². The molecule has 0 aliphatic carbocycles. The molecule has 0 aromatic heterocycles. The zero-order valence-electron chi connectivity index (χ0n) is 6.23. The van der Waals surface area contributed by atoms with Gasteiger partial charge < -0.3 is 10.2 Å². The number of aliphatic hydroxyl groups is 2. The van der Waals surface area contributed by atoms with Crippen molar-refractivity contribution in [3.63, 3.8) is 0 Å². The van der Waals surface area contributed by atoms with Crippen LogP contribution >= 0.6 is 0 Å². The number of aliphatic hydroxyl groups excluding tert-OH is 2. The van der Waals surface area contributed by atoms with E-state index in [4.69, 9.17) is 10.2 Å². The van der Waals surface area contributed by atoms with Crippen LogP contribution in [0.25, 0.3) is 0 Å². The van der Waals surface area contributed by atoms with E-state index in [-0.39, 0.29) is 13.2 Å². The molecule has 5 nitrogen and oxygen atoms in total. The molecular formula is C5H12O5S. The monoisotopic (exact) mass is 184 g/mol. The Kier molecular flexibility index (Phi) is 4.58. The van der Waals surface area contributed by atoms with Gasteiger partial charge in [-0.25, -0.2) is 0 Å². The summed E-state index contributed by atoms with van der Waals surface area (Å²) in [7, 11) is -3.65. The highest BCUT2D eigenvalue weighted by Gasteiger charge is 2.13. The van der Waals surface area contributed by atoms with Crippen LogP contribution in [0.1, 0.15) is 6.92 Å². The molecule has 6 heteroatoms. The first-order valence-corrected chi connectivity index (χ1v) is 4.71. The average Bonchev–Trinajstić information content (AvgIpc) is 1.81. The summed E-state index contributed by atoms with van der Waals surface area (Å²) in [6.07, 6.45) is -0.946. The summed E-state index contributed by atoms with van der Waals surface area (Å²) >= 11 is 0. The largest absolute Gasteiger partial charge is 0.394 e. The van der Waals surface area contributed by atoms with Crippen LogP contribution in [0.2, 0.25) is 0 Å². The molecule has 0 bridgehead atoms. The third-order valence-corrected chi connectivity index (χ3v) is 2.22. The Labute approximate surface area is 65.7 Å². The van der Waals surface area contributed by atoms with Crippen molar-refractivity contribution >= 4 is 10.1 Å². The topological polar surface area (TPSA) is 83.8 Å². The molecular weight excluding hydrogens is 172 g/mol. The van der Waals surface area contributed by atoms with Gasteiger partial charge in [0.25, 0.3) is 10.1 Å². The zero-order chi connectivity index (χ0) is 8.91. The Hall–Kier alpha value is -0.170. The minimum absolute atomic E-state index is 0.255. The molecule has 0 aromatic carbocycles. The van der Waals surface area contributed by atoms with Crippen LogP contribution in [0.15, 0.2) is 0 Å². The van der Waals surface area contributed by atoms with Crippen molar-refractivity contribution in [3.8, 4) is 0 Å². The van der Waals surface area contributed by atoms with Crippen LogP contribution in [-0.4, -0.2) is 43.7 Å². The van der Waals surface area contributed by atoms with Gasteiger partial charge >= 0.3 is 0 Å². The first-order chi connectivity index (χ1) is 4.98. The highest BCUT2D eigenvalue weighted by atomic mass is 32.2. The van der Waals surface area contributed by atoms with E-state index in [1.54, 1.807) is 0 Å². The van der Waals surface area contributed by atoms with Crippen molar-refractivity contribution in [3.05, 3.63) is 0 Å². The molecule has 11 heavy (non-hydrogen) atoms. The van der Waals surface area contributed by atoms with E-state index in [2.05, 4.69) is 4.18 Å². The van der Waals surface area contributed by atoms with Crippen molar-refractivity contribution in [2.24, 2.45) is 0 Å². The fourth-order valence-electron chi connectivity index (χ4n) is 0.508. The van der Waals surface area contributed by atoms with E-state index >= 15 is 0 Å². The Bertz CT molecular complexity index is 183. The first kappa shape index (κ1) is 10.8. The van der Waals surface area contributed by atoms with Crippen LogP contribution in [0.5, 0.6) is 0 Å². The lowest BCUT2D eigenvalue weighted by Gasteiger charge is -2.04. The van der Waals surface area contributed by atoms with Crippen molar-refractivity contribution in [2.75, 3.05) is 19.0 Å². The van der Waals surface area contributed by atoms with Crippen LogP contribution in [0.3, 0.4) is 0 Å². The van der Waals surface area contributed by atoms with Gasteiger partial charge in [-0.2, -0.15) is 8.42 Å². The van der Waals surface area contributed by atoms with Gasteiger partial charge in [0.15, 0.2) is 0 Å². The Balaban J connectivity index is 3.82. The maximum absolute atomic E-state index is 10.7. The highest BCUT2D eigenvalue weighted by Crippen LogP contribution is 1.95. The number of hydrogen-bond acceptors (Lipinski definition) is 5. The SMILES string of the molecule is CC(O)CS(=O)(=O)OCCO. The molecule has 68 valence electrons. The highest BCUT2D eigenvalue weighted by molar-refractivity contribution is 7.86. The summed E-state index contributed by atoms with van der Waals surface area (Å²) in [6.45, 7) is 0.744. The van der Waals surface area contributed by atoms with E-state index in [9.17, 15) is 8.42 Å². The number of hydrogen-bond donors (Lipinski definition) is 2. The van der Waals surface area contributed by atoms with E-state index in [0.29, 0.717) is 0 Å². The van der Waals surface area contributed by atoms with Crippen molar-refractivity contribution < 1.29 is 22.8 Å². The molecule has 2 N–H and O–H groups in total. The average molecular weight is 184 g/mol. The van der Waals surface area contributed by atoms with Gasteiger partial charge in [0.2, 0.25) is 0 Å². The van der Waals surface area contributed by atoms with Crippen LogP contribution < -0.4 is 0 Å². The summed E-state index contributed by atoms with van der Waals surface area (Å²) in [5.41, 5.74) is 0. The van der Waals surface area contributed by atoms with Gasteiger partial charge in [-0.3, -0.25) is 4.18 Å². The molecule has 0 saturated heterocycles. The Morgan fingerprint density at radius 1 is 1.55 bits per heavy atom. The van der Waals surface area contributed by atoms with E-state index in [1.807, 2.05) is 0 Å². The Morgan fingerprint density at radius 3 is 2.45 bits per heavy atom. The molecule has 0 aliphatic heterocycles. The van der Waals surface area contributed by atoms with E-state index < -0.39 is 22.0 Å². The second kappa shape index (κ2) is 4.66. The van der Waals surface area contributed by atoms with Crippen molar-refractivity contribution in [1.82, 2.24) is 0 Å². The summed E-state index contributed by atoms with van der Waals surface area (Å²) < 4.78 is 25.7. The Morgan fingerprint density at radius 2 is 2.09 bits per heavy atom. The maximum Gasteiger partial charge on any atom is 0.269 e. The second-order valence-electron chi connectivity index (χ2n) is 2.12. The predicted molar refractivity (Wildman–Crippen MR) is 38.5 cm³/mol. The smallest absolute Gasteiger partial charge is 0.269 e.